The molecule has 512 valence electrons. The molecule has 0 saturated heterocycles. The highest BCUT2D eigenvalue weighted by molar-refractivity contribution is 7.98. The molecule has 0 heterocycles. The summed E-state index contributed by atoms with van der Waals surface area (Å²) >= 11 is 3.52. The van der Waals surface area contributed by atoms with Crippen molar-refractivity contribution in [3.05, 3.63) is 193 Å². The smallest absolute Gasteiger partial charge is 0.175 e. The predicted octanol–water partition coefficient (Wildman–Crippen LogP) is 18.3. The first-order valence-electron chi connectivity index (χ1n) is 28.9. The predicted molar refractivity (Wildman–Crippen MR) is 398 cm³/mol. The summed E-state index contributed by atoms with van der Waals surface area (Å²) in [6.45, 7) is 33.8. The SMILES string of the molecule is CC.CC.CC.CC.CC.CC.CC(=O)c1ccccc1.CC(C)=O.CC(C)O.CC(O)c1ccccc1.COC.COc1ccccc1.CS(=O)(=O)c1ccccc1.CS(=O)c1ccccc1.CS(C)(=O)=O.CS(C)=O.CSC.CSc1ccccc1. The van der Waals surface area contributed by atoms with Gasteiger partial charge in [-0.1, -0.05) is 217 Å². The Morgan fingerprint density at radius 2 is 0.705 bits per heavy atom. The molecule has 0 bridgehead atoms. The summed E-state index contributed by atoms with van der Waals surface area (Å²) in [7, 11) is -2.20. The number of hydrogen-bond donors (Lipinski definition) is 2. The second-order valence-electron chi connectivity index (χ2n) is 15.6. The third kappa shape index (κ3) is 123. The third-order valence-electron chi connectivity index (χ3n) is 6.67. The van der Waals surface area contributed by atoms with Crippen LogP contribution in [0.2, 0.25) is 0 Å². The Balaban J connectivity index is -0.0000000716. The van der Waals surface area contributed by atoms with Crippen LogP contribution in [-0.4, -0.2) is 131 Å². The van der Waals surface area contributed by atoms with Crippen LogP contribution < -0.4 is 4.74 Å². The highest BCUT2D eigenvalue weighted by Crippen LogP contribution is 2.12. The normalized spacial score (nSPS) is 9.07. The molecule has 0 aliphatic carbocycles. The first-order chi connectivity index (χ1) is 41.4. The van der Waals surface area contributed by atoms with Crippen LogP contribution in [0.3, 0.4) is 0 Å². The Morgan fingerprint density at radius 1 is 0.477 bits per heavy atom. The molecule has 2 atom stereocenters. The number of rotatable bonds is 6. The molecule has 12 nitrogen and oxygen atoms in total. The van der Waals surface area contributed by atoms with Gasteiger partial charge in [-0.25, -0.2) is 16.8 Å². The summed E-state index contributed by atoms with van der Waals surface area (Å²) in [4.78, 5) is 22.7. The van der Waals surface area contributed by atoms with Crippen molar-refractivity contribution in [2.75, 3.05) is 77.6 Å². The fraction of sp³-hybridized carbons (Fsp3) is 0.457. The minimum absolute atomic E-state index is 0.121. The first-order valence-corrected chi connectivity index (χ1v) is 39.4. The average molecular weight is 1350 g/mol. The fourth-order valence-corrected chi connectivity index (χ4v) is 5.42. The topological polar surface area (TPSA) is 195 Å². The molecule has 18 heteroatoms. The quantitative estimate of drug-likeness (QED) is 0.118. The van der Waals surface area contributed by atoms with E-state index in [9.17, 15) is 34.8 Å². The maximum atomic E-state index is 10.8. The van der Waals surface area contributed by atoms with Gasteiger partial charge < -0.3 is 24.5 Å². The summed E-state index contributed by atoms with van der Waals surface area (Å²) in [6.07, 6.45) is 14.1. The molecule has 6 rings (SSSR count). The molecule has 0 fully saturated rings. The number of Topliss-reactive ketones (excluding diaryl/α,β-unsaturated/α-hetero) is 2. The van der Waals surface area contributed by atoms with Crippen LogP contribution in [0.15, 0.2) is 197 Å². The van der Waals surface area contributed by atoms with Gasteiger partial charge in [-0.3, -0.25) is 13.2 Å². The standard InChI is InChI=1S/C8H10O.C8H8O.C7H8O2S.C7H8OS.C7H8O.C7H8S.C3H8O.C3H6O.C2H6O2S.C2H6OS.C2H6O.C2H6S.6C2H6/c2*1-7(9)8-5-3-2-4-6-8;1-10(8,9)7-5-3-2-4-6-7;1-9(8)7-5-3-2-4-6-7;2*1-8-7-5-3-2-4-6-7;2*1-3(2)4;1-5(2,3)4;1-4(2)3;2*1-3-2;6*1-2/h2-7,9H,1H3;2-6H,1H3;2-6H,1H3;2-6H,1H3;2*2-6H,1H3;3-4H,1-2H3;1-2H3;1-2H3;1-2H3;2*1-2H3;6*1-2H3. The second-order valence-corrected chi connectivity index (χ2v) is 24.5. The molecule has 0 aliphatic heterocycles. The van der Waals surface area contributed by atoms with Crippen molar-refractivity contribution in [2.24, 2.45) is 0 Å². The number of carbonyl (C=O) groups excluding carboxylic acids is 2. The number of carbonyl (C=O) groups is 2. The molecular weight excluding hydrogens is 1230 g/mol. The maximum Gasteiger partial charge on any atom is 0.175 e. The molecule has 0 aromatic heterocycles. The summed E-state index contributed by atoms with van der Waals surface area (Å²) < 4.78 is 70.4. The number of ether oxygens (including phenoxy) is 2. The molecule has 0 spiro atoms. The zero-order chi connectivity index (χ0) is 72.0. The summed E-state index contributed by atoms with van der Waals surface area (Å²) in [5.74, 6) is 1.20. The number of thioether (sulfide) groups is 2. The number of ketones is 2. The van der Waals surface area contributed by atoms with Gasteiger partial charge in [0.15, 0.2) is 15.6 Å². The van der Waals surface area contributed by atoms with Crippen molar-refractivity contribution in [2.45, 2.75) is 152 Å². The Labute approximate surface area is 555 Å². The van der Waals surface area contributed by atoms with Crippen LogP contribution in [0.4, 0.5) is 0 Å². The van der Waals surface area contributed by atoms with Gasteiger partial charge in [-0.2, -0.15) is 11.8 Å². The Kier molecular flexibility index (Phi) is 115. The molecule has 2 N–H and O–H groups in total. The Morgan fingerprint density at radius 3 is 0.852 bits per heavy atom. The lowest BCUT2D eigenvalue weighted by Crippen LogP contribution is -1.95. The largest absolute Gasteiger partial charge is 0.497 e. The van der Waals surface area contributed by atoms with E-state index in [0.29, 0.717) is 4.90 Å². The van der Waals surface area contributed by atoms with E-state index < -0.39 is 41.3 Å². The van der Waals surface area contributed by atoms with E-state index in [4.69, 9.17) is 14.9 Å². The van der Waals surface area contributed by atoms with E-state index >= 15 is 0 Å². The van der Waals surface area contributed by atoms with Crippen LogP contribution in [0.5, 0.6) is 5.75 Å². The molecule has 6 aromatic rings. The van der Waals surface area contributed by atoms with E-state index in [1.54, 1.807) is 122 Å². The molecule has 0 amide bonds. The van der Waals surface area contributed by atoms with Crippen LogP contribution in [0, 0.1) is 0 Å². The Hall–Kier alpha value is -4.76. The van der Waals surface area contributed by atoms with Crippen LogP contribution in [-0.2, 0) is 50.8 Å². The lowest BCUT2D eigenvalue weighted by Gasteiger charge is -2.00. The number of sulfone groups is 2. The number of benzene rings is 6. The van der Waals surface area contributed by atoms with Crippen molar-refractivity contribution in [3.63, 3.8) is 0 Å². The van der Waals surface area contributed by atoms with Crippen molar-refractivity contribution < 1.29 is 54.5 Å². The monoisotopic (exact) mass is 1350 g/mol. The van der Waals surface area contributed by atoms with Gasteiger partial charge >= 0.3 is 0 Å². The van der Waals surface area contributed by atoms with E-state index in [2.05, 4.69) is 23.1 Å². The molecule has 0 saturated carbocycles. The van der Waals surface area contributed by atoms with Crippen LogP contribution in [0.25, 0.3) is 0 Å². The highest BCUT2D eigenvalue weighted by atomic mass is 32.2. The first kappa shape index (κ1) is 111. The number of methoxy groups -OCH3 is 2. The highest BCUT2D eigenvalue weighted by Gasteiger charge is 2.03. The zero-order valence-electron chi connectivity index (χ0n) is 59.9. The molecule has 88 heavy (non-hydrogen) atoms. The zero-order valence-corrected chi connectivity index (χ0v) is 64.8. The molecular formula is C70H124O12S6. The van der Waals surface area contributed by atoms with E-state index in [1.807, 2.05) is 235 Å². The van der Waals surface area contributed by atoms with E-state index in [1.165, 1.54) is 25.0 Å². The Bertz CT molecular complexity index is 2350. The number of para-hydroxylation sites is 1. The van der Waals surface area contributed by atoms with Crippen molar-refractivity contribution in [1.82, 2.24) is 0 Å². The van der Waals surface area contributed by atoms with Gasteiger partial charge in [0.05, 0.1) is 18.1 Å². The molecule has 0 aliphatic rings. The summed E-state index contributed by atoms with van der Waals surface area (Å²) in [6, 6.07) is 56.6. The van der Waals surface area contributed by atoms with E-state index in [-0.39, 0.29) is 23.8 Å². The number of hydrogen-bond acceptors (Lipinski definition) is 14. The molecule has 0 radical (unpaired) electrons. The van der Waals surface area contributed by atoms with Gasteiger partial charge in [-0.05, 0) is 114 Å². The second kappa shape index (κ2) is 91.0. The number of aliphatic hydroxyl groups is 2. The average Bonchev–Trinajstić information content (AvgIpc) is 3.52. The van der Waals surface area contributed by atoms with Crippen molar-refractivity contribution in [1.29, 1.82) is 0 Å². The lowest BCUT2D eigenvalue weighted by molar-refractivity contribution is -0.115. The van der Waals surface area contributed by atoms with Gasteiger partial charge in [0.25, 0.3) is 0 Å². The minimum Gasteiger partial charge on any atom is -0.497 e. The van der Waals surface area contributed by atoms with Gasteiger partial charge in [-0.15, -0.1) is 11.8 Å². The van der Waals surface area contributed by atoms with Crippen LogP contribution >= 0.6 is 23.5 Å². The summed E-state index contributed by atoms with van der Waals surface area (Å²) in [5.41, 5.74) is 1.75. The van der Waals surface area contributed by atoms with Crippen molar-refractivity contribution >= 4 is 76.4 Å². The van der Waals surface area contributed by atoms with Crippen molar-refractivity contribution in [3.8, 4) is 5.75 Å². The van der Waals surface area contributed by atoms with Gasteiger partial charge in [0.1, 0.15) is 21.4 Å². The molecule has 2 unspecified atom stereocenters. The minimum atomic E-state index is -3.00. The van der Waals surface area contributed by atoms with Crippen LogP contribution in [0.1, 0.15) is 147 Å². The lowest BCUT2D eigenvalue weighted by atomic mass is 10.1. The fourth-order valence-electron chi connectivity index (χ4n) is 3.80. The van der Waals surface area contributed by atoms with Gasteiger partial charge in [0, 0.05) is 94.8 Å². The summed E-state index contributed by atoms with van der Waals surface area (Å²) in [5, 5.41) is 17.1. The molecule has 6 aromatic carbocycles. The van der Waals surface area contributed by atoms with Gasteiger partial charge in [0.2, 0.25) is 0 Å². The van der Waals surface area contributed by atoms with E-state index in [0.717, 1.165) is 34.3 Å². The third-order valence-corrected chi connectivity index (χ3v) is 9.47. The maximum absolute atomic E-state index is 10.8. The number of aliphatic hydroxyl groups excluding tert-OH is 2.